The zero-order chi connectivity index (χ0) is 11.5. The summed E-state index contributed by atoms with van der Waals surface area (Å²) < 4.78 is 26.0. The fraction of sp³-hybridized carbons (Fsp3) is 0. The Labute approximate surface area is 89.8 Å². The Hall–Kier alpha value is -2.17. The number of nitrogens with zero attached hydrogens (tertiary/aromatic N) is 2. The third kappa shape index (κ3) is 1.93. The van der Waals surface area contributed by atoms with Gasteiger partial charge in [-0.05, 0) is 12.1 Å². The maximum absolute atomic E-state index is 13.3. The minimum absolute atomic E-state index is 0.0962. The predicted molar refractivity (Wildman–Crippen MR) is 52.8 cm³/mol. The monoisotopic (exact) mass is 220 g/mol. The molecular formula is C11H6F2N2O. The van der Waals surface area contributed by atoms with E-state index in [9.17, 15) is 13.6 Å². The maximum Gasteiger partial charge on any atom is 0.162 e. The molecule has 0 spiro atoms. The van der Waals surface area contributed by atoms with E-state index in [1.165, 1.54) is 18.5 Å². The first-order chi connectivity index (χ1) is 7.70. The molecule has 0 fully saturated rings. The van der Waals surface area contributed by atoms with Crippen LogP contribution < -0.4 is 0 Å². The van der Waals surface area contributed by atoms with Crippen LogP contribution >= 0.6 is 0 Å². The molecule has 1 aromatic carbocycles. The van der Waals surface area contributed by atoms with Gasteiger partial charge in [-0.15, -0.1) is 0 Å². The van der Waals surface area contributed by atoms with Crippen molar-refractivity contribution in [1.82, 2.24) is 9.97 Å². The molecule has 0 bridgehead atoms. The Kier molecular flexibility index (Phi) is 2.68. The van der Waals surface area contributed by atoms with E-state index < -0.39 is 11.6 Å². The zero-order valence-electron chi connectivity index (χ0n) is 8.02. The molecule has 2 aromatic rings. The van der Waals surface area contributed by atoms with Gasteiger partial charge in [0.05, 0.1) is 11.1 Å². The SMILES string of the molecule is O=Cc1cnc(-c2ccc(F)cc2F)nc1. The molecule has 3 nitrogen and oxygen atoms in total. The summed E-state index contributed by atoms with van der Waals surface area (Å²) in [6.07, 6.45) is 3.14. The summed E-state index contributed by atoms with van der Waals surface area (Å²) >= 11 is 0. The fourth-order valence-corrected chi connectivity index (χ4v) is 1.21. The van der Waals surface area contributed by atoms with E-state index >= 15 is 0 Å². The van der Waals surface area contributed by atoms with E-state index in [0.29, 0.717) is 11.8 Å². The van der Waals surface area contributed by atoms with Crippen LogP contribution in [-0.4, -0.2) is 16.3 Å². The van der Waals surface area contributed by atoms with Gasteiger partial charge in [0.1, 0.15) is 11.6 Å². The van der Waals surface area contributed by atoms with Crippen LogP contribution in [-0.2, 0) is 0 Å². The number of rotatable bonds is 2. The second kappa shape index (κ2) is 4.14. The first-order valence-electron chi connectivity index (χ1n) is 4.43. The third-order valence-corrected chi connectivity index (χ3v) is 1.98. The summed E-state index contributed by atoms with van der Waals surface area (Å²) in [4.78, 5) is 18.0. The number of aromatic nitrogens is 2. The van der Waals surface area contributed by atoms with Gasteiger partial charge >= 0.3 is 0 Å². The number of benzene rings is 1. The summed E-state index contributed by atoms with van der Waals surface area (Å²) in [6.45, 7) is 0. The van der Waals surface area contributed by atoms with Crippen LogP contribution in [0.15, 0.2) is 30.6 Å². The molecule has 1 heterocycles. The average Bonchev–Trinajstić information content (AvgIpc) is 2.29. The molecule has 0 aliphatic rings. The molecule has 1 aromatic heterocycles. The molecule has 0 saturated heterocycles. The largest absolute Gasteiger partial charge is 0.298 e. The average molecular weight is 220 g/mol. The van der Waals surface area contributed by atoms with Gasteiger partial charge in [-0.25, -0.2) is 18.7 Å². The minimum Gasteiger partial charge on any atom is -0.298 e. The smallest absolute Gasteiger partial charge is 0.162 e. The molecular weight excluding hydrogens is 214 g/mol. The van der Waals surface area contributed by atoms with Gasteiger partial charge in [0.15, 0.2) is 12.1 Å². The fourth-order valence-electron chi connectivity index (χ4n) is 1.21. The molecule has 80 valence electrons. The molecule has 5 heteroatoms. The zero-order valence-corrected chi connectivity index (χ0v) is 8.02. The number of hydrogen-bond donors (Lipinski definition) is 0. The summed E-state index contributed by atoms with van der Waals surface area (Å²) in [6, 6.07) is 3.13. The lowest BCUT2D eigenvalue weighted by Gasteiger charge is -2.01. The first-order valence-corrected chi connectivity index (χ1v) is 4.43. The van der Waals surface area contributed by atoms with Crippen LogP contribution in [0.5, 0.6) is 0 Å². The van der Waals surface area contributed by atoms with E-state index in [4.69, 9.17) is 0 Å². The van der Waals surface area contributed by atoms with Crippen LogP contribution in [0.4, 0.5) is 8.78 Å². The molecule has 0 unspecified atom stereocenters. The van der Waals surface area contributed by atoms with Crippen LogP contribution in [0.2, 0.25) is 0 Å². The Morgan fingerprint density at radius 1 is 1.12 bits per heavy atom. The van der Waals surface area contributed by atoms with Crippen molar-refractivity contribution in [3.8, 4) is 11.4 Å². The van der Waals surface area contributed by atoms with Crippen molar-refractivity contribution in [1.29, 1.82) is 0 Å². The lowest BCUT2D eigenvalue weighted by Crippen LogP contribution is -1.94. The molecule has 0 N–H and O–H groups in total. The molecule has 2 rings (SSSR count). The minimum atomic E-state index is -0.737. The highest BCUT2D eigenvalue weighted by molar-refractivity contribution is 5.73. The van der Waals surface area contributed by atoms with Gasteiger partial charge in [-0.3, -0.25) is 4.79 Å². The van der Waals surface area contributed by atoms with Gasteiger partial charge in [0.25, 0.3) is 0 Å². The van der Waals surface area contributed by atoms with Crippen molar-refractivity contribution in [3.05, 3.63) is 47.8 Å². The van der Waals surface area contributed by atoms with Gasteiger partial charge in [-0.1, -0.05) is 0 Å². The van der Waals surface area contributed by atoms with Gasteiger partial charge < -0.3 is 0 Å². The number of carbonyl (C=O) groups excluding carboxylic acids is 1. The molecule has 0 aliphatic carbocycles. The second-order valence-corrected chi connectivity index (χ2v) is 3.08. The Bertz CT molecular complexity index is 526. The lowest BCUT2D eigenvalue weighted by atomic mass is 10.2. The normalized spacial score (nSPS) is 10.1. The van der Waals surface area contributed by atoms with Gasteiger partial charge in [0, 0.05) is 18.5 Å². The summed E-state index contributed by atoms with van der Waals surface area (Å²) in [5.74, 6) is -1.28. The van der Waals surface area contributed by atoms with Crippen LogP contribution in [0, 0.1) is 11.6 Å². The topological polar surface area (TPSA) is 42.9 Å². The van der Waals surface area contributed by atoms with Crippen molar-refractivity contribution < 1.29 is 13.6 Å². The number of hydrogen-bond acceptors (Lipinski definition) is 3. The molecule has 0 atom stereocenters. The van der Waals surface area contributed by atoms with E-state index in [1.807, 2.05) is 0 Å². The summed E-state index contributed by atoms with van der Waals surface area (Å²) in [5.41, 5.74) is 0.394. The molecule has 16 heavy (non-hydrogen) atoms. The highest BCUT2D eigenvalue weighted by Gasteiger charge is 2.08. The lowest BCUT2D eigenvalue weighted by molar-refractivity contribution is 0.112. The van der Waals surface area contributed by atoms with Crippen molar-refractivity contribution in [2.45, 2.75) is 0 Å². The van der Waals surface area contributed by atoms with Crippen molar-refractivity contribution in [3.63, 3.8) is 0 Å². The van der Waals surface area contributed by atoms with Crippen LogP contribution in [0.3, 0.4) is 0 Å². The second-order valence-electron chi connectivity index (χ2n) is 3.08. The first kappa shape index (κ1) is 10.4. The van der Waals surface area contributed by atoms with Crippen molar-refractivity contribution >= 4 is 6.29 Å². The van der Waals surface area contributed by atoms with E-state index in [-0.39, 0.29) is 11.4 Å². The van der Waals surface area contributed by atoms with E-state index in [2.05, 4.69) is 9.97 Å². The Morgan fingerprint density at radius 3 is 2.38 bits per heavy atom. The third-order valence-electron chi connectivity index (χ3n) is 1.98. The molecule has 0 radical (unpaired) electrons. The Balaban J connectivity index is 2.46. The summed E-state index contributed by atoms with van der Waals surface area (Å²) in [7, 11) is 0. The standard InChI is InChI=1S/C11H6F2N2O/c12-8-1-2-9(10(13)3-8)11-14-4-7(6-16)5-15-11/h1-6H. The quantitative estimate of drug-likeness (QED) is 0.729. The van der Waals surface area contributed by atoms with Crippen LogP contribution in [0.1, 0.15) is 10.4 Å². The maximum atomic E-state index is 13.3. The Morgan fingerprint density at radius 2 is 1.81 bits per heavy atom. The van der Waals surface area contributed by atoms with E-state index in [0.717, 1.165) is 12.1 Å². The highest BCUT2D eigenvalue weighted by Crippen LogP contribution is 2.19. The number of halogens is 2. The van der Waals surface area contributed by atoms with Gasteiger partial charge in [-0.2, -0.15) is 0 Å². The molecule has 0 aliphatic heterocycles. The van der Waals surface area contributed by atoms with Gasteiger partial charge in [0.2, 0.25) is 0 Å². The summed E-state index contributed by atoms with van der Waals surface area (Å²) in [5, 5.41) is 0. The van der Waals surface area contributed by atoms with E-state index in [1.54, 1.807) is 0 Å². The van der Waals surface area contributed by atoms with Crippen LogP contribution in [0.25, 0.3) is 11.4 Å². The highest BCUT2D eigenvalue weighted by atomic mass is 19.1. The molecule has 0 amide bonds. The number of aldehydes is 1. The van der Waals surface area contributed by atoms with Crippen molar-refractivity contribution in [2.24, 2.45) is 0 Å². The van der Waals surface area contributed by atoms with Crippen molar-refractivity contribution in [2.75, 3.05) is 0 Å². The molecule has 0 saturated carbocycles. The number of carbonyl (C=O) groups is 1. The predicted octanol–water partition coefficient (Wildman–Crippen LogP) is 2.23.